The molecule has 1 atom stereocenters. The van der Waals surface area contributed by atoms with Crippen molar-refractivity contribution in [3.8, 4) is 0 Å². The minimum atomic E-state index is -0.219. The summed E-state index contributed by atoms with van der Waals surface area (Å²) in [5.41, 5.74) is 3.06. The van der Waals surface area contributed by atoms with E-state index < -0.39 is 0 Å². The number of ketones is 1. The molecule has 0 fully saturated rings. The van der Waals surface area contributed by atoms with E-state index in [4.69, 9.17) is 11.6 Å². The molecule has 3 aromatic rings. The van der Waals surface area contributed by atoms with Crippen LogP contribution >= 0.6 is 11.6 Å². The van der Waals surface area contributed by atoms with Crippen LogP contribution in [0.15, 0.2) is 78.9 Å². The maximum atomic E-state index is 12.5. The summed E-state index contributed by atoms with van der Waals surface area (Å²) < 4.78 is 0. The van der Waals surface area contributed by atoms with Gasteiger partial charge < -0.3 is 5.32 Å². The summed E-state index contributed by atoms with van der Waals surface area (Å²) in [6, 6.07) is 24.3. The smallest absolute Gasteiger partial charge is 0.238 e. The van der Waals surface area contributed by atoms with E-state index in [1.807, 2.05) is 54.6 Å². The first-order valence-electron chi connectivity index (χ1n) is 8.98. The molecule has 0 radical (unpaired) electrons. The Morgan fingerprint density at radius 2 is 1.46 bits per heavy atom. The van der Waals surface area contributed by atoms with Crippen LogP contribution in [0.1, 0.15) is 34.5 Å². The van der Waals surface area contributed by atoms with Crippen molar-refractivity contribution in [2.24, 2.45) is 0 Å². The predicted molar refractivity (Wildman–Crippen MR) is 113 cm³/mol. The Kier molecular flexibility index (Phi) is 6.58. The van der Waals surface area contributed by atoms with Crippen molar-refractivity contribution in [2.75, 3.05) is 11.9 Å². The highest BCUT2D eigenvalue weighted by Gasteiger charge is 2.16. The van der Waals surface area contributed by atoms with Gasteiger partial charge in [0, 0.05) is 10.6 Å². The first-order chi connectivity index (χ1) is 13.5. The van der Waals surface area contributed by atoms with Gasteiger partial charge in [0.2, 0.25) is 5.91 Å². The van der Waals surface area contributed by atoms with Crippen LogP contribution in [-0.2, 0) is 4.79 Å². The van der Waals surface area contributed by atoms with Gasteiger partial charge >= 0.3 is 0 Å². The molecule has 2 N–H and O–H groups in total. The fourth-order valence-electron chi connectivity index (χ4n) is 3.02. The molecule has 0 aliphatic carbocycles. The molecule has 0 unspecified atom stereocenters. The quantitative estimate of drug-likeness (QED) is 0.564. The topological polar surface area (TPSA) is 58.2 Å². The Labute approximate surface area is 169 Å². The third-order valence-corrected chi connectivity index (χ3v) is 4.64. The molecule has 142 valence electrons. The number of carbonyl (C=O) groups is 2. The number of Topliss-reactive ketones (excluding diaryl/α,β-unsaturated/α-hetero) is 1. The average Bonchev–Trinajstić information content (AvgIpc) is 2.70. The molecule has 1 amide bonds. The average molecular weight is 393 g/mol. The number of hydrogen-bond acceptors (Lipinski definition) is 3. The molecule has 0 saturated carbocycles. The van der Waals surface area contributed by atoms with Crippen LogP contribution in [0.3, 0.4) is 0 Å². The molecule has 3 aromatic carbocycles. The number of halogens is 1. The highest BCUT2D eigenvalue weighted by molar-refractivity contribution is 6.30. The second kappa shape index (κ2) is 9.31. The second-order valence-electron chi connectivity index (χ2n) is 6.43. The number of benzene rings is 3. The zero-order valence-electron chi connectivity index (χ0n) is 15.5. The van der Waals surface area contributed by atoms with E-state index in [1.54, 1.807) is 24.3 Å². The summed E-state index contributed by atoms with van der Waals surface area (Å²) in [5.74, 6) is -0.309. The molecule has 0 bridgehead atoms. The van der Waals surface area contributed by atoms with E-state index in [1.165, 1.54) is 6.92 Å². The van der Waals surface area contributed by atoms with Crippen molar-refractivity contribution >= 4 is 29.0 Å². The molecule has 0 aromatic heterocycles. The number of hydrogen-bond donors (Lipinski definition) is 2. The summed E-state index contributed by atoms with van der Waals surface area (Å²) in [6.45, 7) is 1.57. The molecule has 0 saturated heterocycles. The summed E-state index contributed by atoms with van der Waals surface area (Å²) >= 11 is 6.01. The monoisotopic (exact) mass is 392 g/mol. The third kappa shape index (κ3) is 5.06. The highest BCUT2D eigenvalue weighted by Crippen LogP contribution is 2.23. The molecule has 0 aliphatic heterocycles. The van der Waals surface area contributed by atoms with Crippen LogP contribution in [0.25, 0.3) is 0 Å². The lowest BCUT2D eigenvalue weighted by molar-refractivity contribution is -0.115. The lowest BCUT2D eigenvalue weighted by Crippen LogP contribution is -2.32. The van der Waals surface area contributed by atoms with Crippen LogP contribution in [0, 0.1) is 0 Å². The zero-order chi connectivity index (χ0) is 19.9. The van der Waals surface area contributed by atoms with Crippen LogP contribution in [0.4, 0.5) is 5.69 Å². The lowest BCUT2D eigenvalue weighted by atomic mass is 9.99. The number of amides is 1. The molecule has 5 heteroatoms. The molecule has 0 spiro atoms. The minimum Gasteiger partial charge on any atom is -0.324 e. The van der Waals surface area contributed by atoms with Crippen LogP contribution < -0.4 is 10.6 Å². The van der Waals surface area contributed by atoms with Crippen molar-refractivity contribution in [2.45, 2.75) is 13.0 Å². The van der Waals surface area contributed by atoms with Gasteiger partial charge in [-0.1, -0.05) is 66.2 Å². The van der Waals surface area contributed by atoms with Crippen molar-refractivity contribution < 1.29 is 9.59 Å². The van der Waals surface area contributed by atoms with Gasteiger partial charge in [0.25, 0.3) is 0 Å². The van der Waals surface area contributed by atoms with Crippen molar-refractivity contribution in [3.63, 3.8) is 0 Å². The molecular formula is C23H21ClN2O2. The predicted octanol–water partition coefficient (Wildman–Crippen LogP) is 4.86. The third-order valence-electron chi connectivity index (χ3n) is 4.38. The zero-order valence-corrected chi connectivity index (χ0v) is 16.2. The van der Waals surface area contributed by atoms with Gasteiger partial charge in [0.05, 0.1) is 18.3 Å². The molecule has 4 nitrogen and oxygen atoms in total. The van der Waals surface area contributed by atoms with Crippen molar-refractivity contribution in [3.05, 3.63) is 101 Å². The lowest BCUT2D eigenvalue weighted by Gasteiger charge is -2.20. The molecule has 3 rings (SSSR count). The first-order valence-corrected chi connectivity index (χ1v) is 9.36. The summed E-state index contributed by atoms with van der Waals surface area (Å²) in [6.07, 6.45) is 0. The summed E-state index contributed by atoms with van der Waals surface area (Å²) in [4.78, 5) is 24.2. The van der Waals surface area contributed by atoms with E-state index >= 15 is 0 Å². The fraction of sp³-hybridized carbons (Fsp3) is 0.130. The molecule has 28 heavy (non-hydrogen) atoms. The molecule has 0 aliphatic rings. The van der Waals surface area contributed by atoms with Gasteiger partial charge in [0.15, 0.2) is 5.78 Å². The largest absolute Gasteiger partial charge is 0.324 e. The minimum absolute atomic E-state index is 0.0906. The maximum Gasteiger partial charge on any atom is 0.238 e. The highest BCUT2D eigenvalue weighted by atomic mass is 35.5. The number of rotatable bonds is 7. The number of para-hydroxylation sites is 1. The van der Waals surface area contributed by atoms with Crippen LogP contribution in [-0.4, -0.2) is 18.2 Å². The van der Waals surface area contributed by atoms with E-state index in [0.29, 0.717) is 16.3 Å². The van der Waals surface area contributed by atoms with Crippen LogP contribution in [0.5, 0.6) is 0 Å². The molecule has 0 heterocycles. The molecular weight excluding hydrogens is 372 g/mol. The number of nitrogens with one attached hydrogen (secondary N) is 2. The standard InChI is InChI=1S/C23H21ClN2O2/c1-16(27)20-9-5-6-10-21(20)26-22(28)15-25-23(17-7-3-2-4-8-17)18-11-13-19(24)14-12-18/h2-14,23,25H,15H2,1H3,(H,26,28)/t23-/m0/s1. The Bertz CT molecular complexity index is 956. The van der Waals surface area contributed by atoms with E-state index in [0.717, 1.165) is 11.1 Å². The van der Waals surface area contributed by atoms with E-state index in [9.17, 15) is 9.59 Å². The normalized spacial score (nSPS) is 11.6. The number of anilines is 1. The van der Waals surface area contributed by atoms with Gasteiger partial charge in [-0.05, 0) is 42.3 Å². The Morgan fingerprint density at radius 1 is 0.857 bits per heavy atom. The Hall–Kier alpha value is -2.95. The fourth-order valence-corrected chi connectivity index (χ4v) is 3.14. The summed E-state index contributed by atoms with van der Waals surface area (Å²) in [7, 11) is 0. The Balaban J connectivity index is 1.74. The van der Waals surface area contributed by atoms with Gasteiger partial charge in [-0.15, -0.1) is 0 Å². The van der Waals surface area contributed by atoms with Gasteiger partial charge in [-0.25, -0.2) is 0 Å². The number of carbonyl (C=O) groups excluding carboxylic acids is 2. The van der Waals surface area contributed by atoms with E-state index in [-0.39, 0.29) is 24.3 Å². The van der Waals surface area contributed by atoms with Gasteiger partial charge in [0.1, 0.15) is 0 Å². The van der Waals surface area contributed by atoms with Gasteiger partial charge in [-0.3, -0.25) is 14.9 Å². The van der Waals surface area contributed by atoms with Gasteiger partial charge in [-0.2, -0.15) is 0 Å². The van der Waals surface area contributed by atoms with Crippen molar-refractivity contribution in [1.29, 1.82) is 0 Å². The second-order valence-corrected chi connectivity index (χ2v) is 6.86. The SMILES string of the molecule is CC(=O)c1ccccc1NC(=O)CN[C@@H](c1ccccc1)c1ccc(Cl)cc1. The summed E-state index contributed by atoms with van der Waals surface area (Å²) in [5, 5.41) is 6.78. The van der Waals surface area contributed by atoms with Crippen LogP contribution in [0.2, 0.25) is 5.02 Å². The van der Waals surface area contributed by atoms with Crippen molar-refractivity contribution in [1.82, 2.24) is 5.32 Å². The maximum absolute atomic E-state index is 12.5. The van der Waals surface area contributed by atoms with E-state index in [2.05, 4.69) is 10.6 Å². The Morgan fingerprint density at radius 3 is 2.14 bits per heavy atom. The first kappa shape index (κ1) is 19.8.